The topological polar surface area (TPSA) is 84.1 Å². The van der Waals surface area contributed by atoms with Gasteiger partial charge in [-0.1, -0.05) is 29.8 Å². The summed E-state index contributed by atoms with van der Waals surface area (Å²) in [4.78, 5) is 26.5. The van der Waals surface area contributed by atoms with E-state index in [0.29, 0.717) is 22.5 Å². The van der Waals surface area contributed by atoms with Gasteiger partial charge in [-0.15, -0.1) is 0 Å². The molecule has 166 valence electrons. The lowest BCUT2D eigenvalue weighted by atomic mass is 10.1. The number of halogens is 3. The Labute approximate surface area is 190 Å². The molecular formula is C22H16ClF2N7O. The molecule has 4 aromatic heterocycles. The minimum atomic E-state index is -3.01. The summed E-state index contributed by atoms with van der Waals surface area (Å²) < 4.78 is 32.4. The molecule has 5 aromatic rings. The number of aromatic nitrogens is 6. The van der Waals surface area contributed by atoms with E-state index in [1.54, 1.807) is 48.8 Å². The van der Waals surface area contributed by atoms with Crippen LogP contribution in [0, 0.1) is 0 Å². The van der Waals surface area contributed by atoms with Gasteiger partial charge in [-0.25, -0.2) is 23.3 Å². The van der Waals surface area contributed by atoms with Gasteiger partial charge in [-0.05, 0) is 24.3 Å². The Balaban J connectivity index is 1.63. The van der Waals surface area contributed by atoms with Gasteiger partial charge in [0.25, 0.3) is 11.5 Å². The lowest BCUT2D eigenvalue weighted by Crippen LogP contribution is -2.33. The first-order valence-electron chi connectivity index (χ1n) is 10.2. The van der Waals surface area contributed by atoms with Crippen molar-refractivity contribution >= 4 is 34.0 Å². The third-order valence-corrected chi connectivity index (χ3v) is 6.15. The van der Waals surface area contributed by atoms with Gasteiger partial charge in [0, 0.05) is 18.8 Å². The third kappa shape index (κ3) is 3.09. The molecule has 0 amide bonds. The van der Waals surface area contributed by atoms with E-state index in [2.05, 4.69) is 20.1 Å². The van der Waals surface area contributed by atoms with E-state index in [1.165, 1.54) is 20.3 Å². The average Bonchev–Trinajstić information content (AvgIpc) is 3.51. The van der Waals surface area contributed by atoms with Crippen molar-refractivity contribution in [2.75, 3.05) is 11.4 Å². The SMILES string of the molecule is O=c1c2c(Cl)ccn2nc([C@@H]2CC(F)(F)CN2c2ncnc3[nH]ccc23)n1-c1ccccc1. The number of hydrogen-bond acceptors (Lipinski definition) is 5. The van der Waals surface area contributed by atoms with E-state index in [4.69, 9.17) is 11.6 Å². The van der Waals surface area contributed by atoms with Crippen LogP contribution in [-0.4, -0.2) is 41.6 Å². The molecule has 1 N–H and O–H groups in total. The first-order valence-corrected chi connectivity index (χ1v) is 10.6. The summed E-state index contributed by atoms with van der Waals surface area (Å²) in [5.41, 5.74) is 0.783. The van der Waals surface area contributed by atoms with Gasteiger partial charge in [0.05, 0.1) is 28.7 Å². The molecule has 1 saturated heterocycles. The number of aromatic amines is 1. The van der Waals surface area contributed by atoms with E-state index in [9.17, 15) is 13.6 Å². The molecule has 1 aliphatic heterocycles. The fourth-order valence-corrected chi connectivity index (χ4v) is 4.67. The number of rotatable bonds is 3. The number of nitrogens with zero attached hydrogens (tertiary/aromatic N) is 6. The number of hydrogen-bond donors (Lipinski definition) is 1. The molecule has 11 heteroatoms. The fourth-order valence-electron chi connectivity index (χ4n) is 4.45. The Kier molecular flexibility index (Phi) is 4.28. The summed E-state index contributed by atoms with van der Waals surface area (Å²) >= 11 is 6.25. The number of nitrogens with one attached hydrogen (secondary N) is 1. The van der Waals surface area contributed by atoms with Crippen LogP contribution in [0.5, 0.6) is 0 Å². The number of H-pyrrole nitrogens is 1. The predicted octanol–water partition coefficient (Wildman–Crippen LogP) is 4.00. The molecule has 0 spiro atoms. The highest BCUT2D eigenvalue weighted by molar-refractivity contribution is 6.33. The van der Waals surface area contributed by atoms with E-state index < -0.39 is 30.5 Å². The van der Waals surface area contributed by atoms with E-state index in [-0.39, 0.29) is 16.4 Å². The van der Waals surface area contributed by atoms with Gasteiger partial charge in [-0.2, -0.15) is 5.10 Å². The van der Waals surface area contributed by atoms with Crippen LogP contribution in [0.4, 0.5) is 14.6 Å². The predicted molar refractivity (Wildman–Crippen MR) is 119 cm³/mol. The van der Waals surface area contributed by atoms with Crippen molar-refractivity contribution in [2.24, 2.45) is 0 Å². The molecule has 0 bridgehead atoms. The molecule has 1 atom stereocenters. The summed E-state index contributed by atoms with van der Waals surface area (Å²) in [6.45, 7) is -0.565. The summed E-state index contributed by atoms with van der Waals surface area (Å²) in [7, 11) is 0. The minimum Gasteiger partial charge on any atom is -0.346 e. The number of benzene rings is 1. The van der Waals surface area contributed by atoms with E-state index >= 15 is 0 Å². The summed E-state index contributed by atoms with van der Waals surface area (Å²) in [5, 5.41) is 5.44. The van der Waals surface area contributed by atoms with Crippen LogP contribution >= 0.6 is 11.6 Å². The monoisotopic (exact) mass is 467 g/mol. The lowest BCUT2D eigenvalue weighted by molar-refractivity contribution is 0.0218. The maximum Gasteiger partial charge on any atom is 0.284 e. The molecule has 6 rings (SSSR count). The van der Waals surface area contributed by atoms with Crippen molar-refractivity contribution in [1.82, 2.24) is 29.1 Å². The first-order chi connectivity index (χ1) is 15.9. The summed E-state index contributed by atoms with van der Waals surface area (Å²) in [6, 6.07) is 11.2. The Bertz CT molecular complexity index is 1560. The van der Waals surface area contributed by atoms with Crippen LogP contribution < -0.4 is 10.5 Å². The number of anilines is 1. The van der Waals surface area contributed by atoms with Gasteiger partial charge < -0.3 is 9.88 Å². The largest absolute Gasteiger partial charge is 0.346 e. The van der Waals surface area contributed by atoms with Gasteiger partial charge in [0.15, 0.2) is 5.82 Å². The molecule has 1 aliphatic rings. The Morgan fingerprint density at radius 3 is 2.76 bits per heavy atom. The molecule has 0 unspecified atom stereocenters. The second-order valence-electron chi connectivity index (χ2n) is 7.93. The van der Waals surface area contributed by atoms with Crippen molar-refractivity contribution in [3.05, 3.63) is 82.4 Å². The Morgan fingerprint density at radius 1 is 1.12 bits per heavy atom. The van der Waals surface area contributed by atoms with Crippen molar-refractivity contribution in [1.29, 1.82) is 0 Å². The Morgan fingerprint density at radius 2 is 1.94 bits per heavy atom. The maximum atomic E-state index is 14.9. The van der Waals surface area contributed by atoms with Crippen molar-refractivity contribution in [3.63, 3.8) is 0 Å². The highest BCUT2D eigenvalue weighted by atomic mass is 35.5. The maximum absolute atomic E-state index is 14.9. The highest BCUT2D eigenvalue weighted by Crippen LogP contribution is 2.44. The van der Waals surface area contributed by atoms with Gasteiger partial charge in [0.2, 0.25) is 0 Å². The summed E-state index contributed by atoms with van der Waals surface area (Å²) in [6.07, 6.45) is 4.03. The van der Waals surface area contributed by atoms with Crippen LogP contribution in [0.25, 0.3) is 22.2 Å². The molecule has 0 saturated carbocycles. The number of para-hydroxylation sites is 1. The standard InChI is InChI=1S/C22H16ClF2N7O/c23-15-7-9-31-17(15)21(33)32(13-4-2-1-3-5-13)20(29-31)16-10-22(24,25)11-30(16)19-14-6-8-26-18(14)27-12-28-19/h1-9,12,16H,10-11H2,(H,26,27,28)/t16-/m0/s1. The molecule has 1 fully saturated rings. The van der Waals surface area contributed by atoms with Crippen molar-refractivity contribution in [2.45, 2.75) is 18.4 Å². The number of alkyl halides is 2. The molecule has 5 heterocycles. The second kappa shape index (κ2) is 7.11. The second-order valence-corrected chi connectivity index (χ2v) is 8.34. The van der Waals surface area contributed by atoms with Crippen LogP contribution in [-0.2, 0) is 0 Å². The zero-order valence-corrected chi connectivity index (χ0v) is 17.7. The van der Waals surface area contributed by atoms with Crippen LogP contribution in [0.3, 0.4) is 0 Å². The first kappa shape index (κ1) is 19.9. The van der Waals surface area contributed by atoms with Crippen LogP contribution in [0.1, 0.15) is 18.3 Å². The molecule has 0 aliphatic carbocycles. The van der Waals surface area contributed by atoms with Gasteiger partial charge >= 0.3 is 0 Å². The van der Waals surface area contributed by atoms with Crippen LogP contribution in [0.15, 0.2) is 66.0 Å². The number of fused-ring (bicyclic) bond motifs is 2. The highest BCUT2D eigenvalue weighted by Gasteiger charge is 2.48. The van der Waals surface area contributed by atoms with Gasteiger partial charge in [0.1, 0.15) is 23.3 Å². The van der Waals surface area contributed by atoms with Gasteiger partial charge in [-0.3, -0.25) is 9.36 Å². The van der Waals surface area contributed by atoms with Crippen molar-refractivity contribution in [3.8, 4) is 5.69 Å². The average molecular weight is 468 g/mol. The molecule has 1 aromatic carbocycles. The van der Waals surface area contributed by atoms with Crippen molar-refractivity contribution < 1.29 is 8.78 Å². The normalized spacial score (nSPS) is 17.9. The Hall–Kier alpha value is -3.79. The minimum absolute atomic E-state index is 0.172. The third-order valence-electron chi connectivity index (χ3n) is 5.85. The zero-order chi connectivity index (χ0) is 22.7. The quantitative estimate of drug-likeness (QED) is 0.433. The molecule has 0 radical (unpaired) electrons. The zero-order valence-electron chi connectivity index (χ0n) is 17.0. The lowest BCUT2D eigenvalue weighted by Gasteiger charge is -2.26. The molecule has 33 heavy (non-hydrogen) atoms. The fraction of sp³-hybridized carbons (Fsp3) is 0.182. The van der Waals surface area contributed by atoms with E-state index in [1.807, 2.05) is 6.07 Å². The van der Waals surface area contributed by atoms with E-state index in [0.717, 1.165) is 0 Å². The molecular weight excluding hydrogens is 452 g/mol. The smallest absolute Gasteiger partial charge is 0.284 e. The molecule has 8 nitrogen and oxygen atoms in total. The summed E-state index contributed by atoms with van der Waals surface area (Å²) in [5.74, 6) is -2.49. The van der Waals surface area contributed by atoms with Crippen LogP contribution in [0.2, 0.25) is 5.02 Å².